The van der Waals surface area contributed by atoms with Gasteiger partial charge in [0.15, 0.2) is 11.5 Å². The van der Waals surface area contributed by atoms with Gasteiger partial charge in [-0.25, -0.2) is 0 Å². The molecule has 31 heavy (non-hydrogen) atoms. The second-order valence-corrected chi connectivity index (χ2v) is 8.09. The van der Waals surface area contributed by atoms with Crippen LogP contribution in [0.5, 0.6) is 17.2 Å². The van der Waals surface area contributed by atoms with Gasteiger partial charge in [0.1, 0.15) is 12.4 Å². The lowest BCUT2D eigenvalue weighted by Gasteiger charge is -2.35. The standard InChI is InChI=1S/C23H29N3O4S/c1-27-19-7-5-8-20(28-2)22(19)30-17-16-29-15-14-25-10-12-26(13-11-25)23-18-6-3-4-9-21(18)31-24-23/h3-9H,10-17H2,1-2H3. The Morgan fingerprint density at radius 2 is 1.61 bits per heavy atom. The van der Waals surface area contributed by atoms with Crippen LogP contribution in [0.1, 0.15) is 0 Å². The fourth-order valence-electron chi connectivity index (χ4n) is 3.74. The molecular weight excluding hydrogens is 414 g/mol. The average molecular weight is 444 g/mol. The molecule has 0 unspecified atom stereocenters. The summed E-state index contributed by atoms with van der Waals surface area (Å²) in [4.78, 5) is 4.83. The Balaban J connectivity index is 1.15. The molecule has 1 aliphatic rings. The number of aromatic nitrogens is 1. The Hall–Kier alpha value is -2.55. The van der Waals surface area contributed by atoms with Crippen LogP contribution in [0.4, 0.5) is 5.82 Å². The summed E-state index contributed by atoms with van der Waals surface area (Å²) in [6.07, 6.45) is 0. The summed E-state index contributed by atoms with van der Waals surface area (Å²) < 4.78 is 28.2. The summed E-state index contributed by atoms with van der Waals surface area (Å²) in [7, 11) is 3.24. The molecule has 1 aromatic heterocycles. The van der Waals surface area contributed by atoms with Crippen LogP contribution >= 0.6 is 11.5 Å². The van der Waals surface area contributed by atoms with Crippen molar-refractivity contribution in [1.29, 1.82) is 0 Å². The van der Waals surface area contributed by atoms with E-state index >= 15 is 0 Å². The molecule has 1 saturated heterocycles. The van der Waals surface area contributed by atoms with Crippen LogP contribution in [-0.2, 0) is 4.74 Å². The number of hydrogen-bond acceptors (Lipinski definition) is 8. The van der Waals surface area contributed by atoms with Crippen LogP contribution in [0, 0.1) is 0 Å². The van der Waals surface area contributed by atoms with E-state index in [1.54, 1.807) is 25.8 Å². The maximum absolute atomic E-state index is 5.83. The van der Waals surface area contributed by atoms with Crippen molar-refractivity contribution in [2.24, 2.45) is 0 Å². The van der Waals surface area contributed by atoms with E-state index in [-0.39, 0.29) is 0 Å². The Kier molecular flexibility index (Phi) is 7.45. The van der Waals surface area contributed by atoms with Gasteiger partial charge >= 0.3 is 0 Å². The van der Waals surface area contributed by atoms with Crippen molar-refractivity contribution in [2.75, 3.05) is 71.7 Å². The number of fused-ring (bicyclic) bond motifs is 1. The molecule has 0 amide bonds. The Bertz CT molecular complexity index is 950. The molecule has 1 fully saturated rings. The van der Waals surface area contributed by atoms with Gasteiger partial charge in [-0.05, 0) is 35.8 Å². The van der Waals surface area contributed by atoms with Crippen LogP contribution in [-0.4, -0.2) is 76.0 Å². The zero-order chi connectivity index (χ0) is 21.5. The van der Waals surface area contributed by atoms with E-state index in [2.05, 4.69) is 38.4 Å². The van der Waals surface area contributed by atoms with E-state index < -0.39 is 0 Å². The molecule has 0 radical (unpaired) electrons. The fraction of sp³-hybridized carbons (Fsp3) is 0.435. The molecule has 166 valence electrons. The second-order valence-electron chi connectivity index (χ2n) is 7.28. The monoisotopic (exact) mass is 443 g/mol. The highest BCUT2D eigenvalue weighted by Crippen LogP contribution is 2.36. The molecule has 0 spiro atoms. The number of rotatable bonds is 10. The van der Waals surface area contributed by atoms with E-state index in [1.807, 2.05) is 18.2 Å². The molecule has 2 heterocycles. The van der Waals surface area contributed by atoms with Crippen molar-refractivity contribution in [3.8, 4) is 17.2 Å². The third kappa shape index (κ3) is 5.20. The molecule has 3 aromatic rings. The quantitative estimate of drug-likeness (QED) is 0.444. The van der Waals surface area contributed by atoms with Gasteiger partial charge in [0.05, 0.1) is 32.1 Å². The third-order valence-corrected chi connectivity index (χ3v) is 6.26. The summed E-state index contributed by atoms with van der Waals surface area (Å²) in [6.45, 7) is 6.59. The molecule has 8 heteroatoms. The minimum absolute atomic E-state index is 0.446. The van der Waals surface area contributed by atoms with E-state index in [4.69, 9.17) is 18.9 Å². The first-order valence-electron chi connectivity index (χ1n) is 10.5. The lowest BCUT2D eigenvalue weighted by Crippen LogP contribution is -2.47. The van der Waals surface area contributed by atoms with Crippen molar-refractivity contribution in [2.45, 2.75) is 0 Å². The molecule has 0 aliphatic carbocycles. The van der Waals surface area contributed by atoms with Crippen molar-refractivity contribution < 1.29 is 18.9 Å². The summed E-state index contributed by atoms with van der Waals surface area (Å²) >= 11 is 1.58. The van der Waals surface area contributed by atoms with E-state index in [1.165, 1.54) is 10.1 Å². The minimum atomic E-state index is 0.446. The van der Waals surface area contributed by atoms with Gasteiger partial charge in [0.2, 0.25) is 5.75 Å². The number of anilines is 1. The molecule has 0 bridgehead atoms. The number of benzene rings is 2. The first kappa shape index (κ1) is 21.7. The molecule has 0 atom stereocenters. The lowest BCUT2D eigenvalue weighted by molar-refractivity contribution is 0.0768. The molecule has 1 aliphatic heterocycles. The smallest absolute Gasteiger partial charge is 0.203 e. The van der Waals surface area contributed by atoms with Gasteiger partial charge in [-0.1, -0.05) is 18.2 Å². The third-order valence-electron chi connectivity index (χ3n) is 5.44. The Morgan fingerprint density at radius 1 is 0.871 bits per heavy atom. The van der Waals surface area contributed by atoms with Crippen LogP contribution in [0.25, 0.3) is 10.1 Å². The maximum atomic E-state index is 5.83. The van der Waals surface area contributed by atoms with Gasteiger partial charge in [-0.2, -0.15) is 4.37 Å². The van der Waals surface area contributed by atoms with E-state index in [0.29, 0.717) is 37.1 Å². The fourth-order valence-corrected chi connectivity index (χ4v) is 4.54. The summed E-state index contributed by atoms with van der Waals surface area (Å²) in [5.41, 5.74) is 0. The maximum Gasteiger partial charge on any atom is 0.203 e. The van der Waals surface area contributed by atoms with Crippen LogP contribution in [0.2, 0.25) is 0 Å². The predicted octanol–water partition coefficient (Wildman–Crippen LogP) is 3.53. The number of ether oxygens (including phenoxy) is 4. The van der Waals surface area contributed by atoms with Gasteiger partial charge < -0.3 is 23.8 Å². The van der Waals surface area contributed by atoms with E-state index in [0.717, 1.165) is 38.5 Å². The SMILES string of the molecule is COc1cccc(OC)c1OCCOCCN1CCN(c2nsc3ccccc23)CC1. The predicted molar refractivity (Wildman–Crippen MR) is 124 cm³/mol. The summed E-state index contributed by atoms with van der Waals surface area (Å²) in [5, 5.41) is 1.26. The first-order valence-corrected chi connectivity index (χ1v) is 11.3. The molecule has 0 saturated carbocycles. The highest BCUT2D eigenvalue weighted by Gasteiger charge is 2.20. The van der Waals surface area contributed by atoms with E-state index in [9.17, 15) is 0 Å². The number of para-hydroxylation sites is 1. The largest absolute Gasteiger partial charge is 0.493 e. The summed E-state index contributed by atoms with van der Waals surface area (Å²) in [5.74, 6) is 3.05. The molecular formula is C23H29N3O4S. The molecule has 4 rings (SSSR count). The van der Waals surface area contributed by atoms with Crippen molar-refractivity contribution in [1.82, 2.24) is 9.27 Å². The summed E-state index contributed by atoms with van der Waals surface area (Å²) in [6, 6.07) is 14.0. The van der Waals surface area contributed by atoms with Crippen LogP contribution < -0.4 is 19.1 Å². The topological polar surface area (TPSA) is 56.3 Å². The zero-order valence-corrected chi connectivity index (χ0v) is 18.9. The number of methoxy groups -OCH3 is 2. The van der Waals surface area contributed by atoms with Gasteiger partial charge in [0.25, 0.3) is 0 Å². The minimum Gasteiger partial charge on any atom is -0.493 e. The normalized spacial score (nSPS) is 14.7. The number of piperazine rings is 1. The first-order chi connectivity index (χ1) is 15.3. The highest BCUT2D eigenvalue weighted by atomic mass is 32.1. The number of nitrogens with zero attached hydrogens (tertiary/aromatic N) is 3. The van der Waals surface area contributed by atoms with Crippen molar-refractivity contribution >= 4 is 27.4 Å². The lowest BCUT2D eigenvalue weighted by atomic mass is 10.2. The second kappa shape index (κ2) is 10.7. The van der Waals surface area contributed by atoms with Crippen LogP contribution in [0.15, 0.2) is 42.5 Å². The zero-order valence-electron chi connectivity index (χ0n) is 18.1. The Morgan fingerprint density at radius 3 is 2.35 bits per heavy atom. The van der Waals surface area contributed by atoms with Gasteiger partial charge in [-0.3, -0.25) is 4.90 Å². The number of hydrogen-bond donors (Lipinski definition) is 0. The molecule has 2 aromatic carbocycles. The van der Waals surface area contributed by atoms with Crippen LogP contribution in [0.3, 0.4) is 0 Å². The molecule has 7 nitrogen and oxygen atoms in total. The average Bonchev–Trinajstić information content (AvgIpc) is 3.25. The highest BCUT2D eigenvalue weighted by molar-refractivity contribution is 7.13. The Labute approximate surface area is 187 Å². The van der Waals surface area contributed by atoms with Crippen molar-refractivity contribution in [3.05, 3.63) is 42.5 Å². The molecule has 0 N–H and O–H groups in total. The van der Waals surface area contributed by atoms with Gasteiger partial charge in [0, 0.05) is 38.1 Å². The van der Waals surface area contributed by atoms with Crippen molar-refractivity contribution in [3.63, 3.8) is 0 Å². The van der Waals surface area contributed by atoms with Gasteiger partial charge in [-0.15, -0.1) is 0 Å².